The van der Waals surface area contributed by atoms with Crippen LogP contribution in [-0.2, 0) is 4.79 Å². The highest BCUT2D eigenvalue weighted by Crippen LogP contribution is 2.24. The van der Waals surface area contributed by atoms with Crippen molar-refractivity contribution in [1.29, 1.82) is 0 Å². The second-order valence-electron chi connectivity index (χ2n) is 6.10. The third-order valence-corrected chi connectivity index (χ3v) is 4.27. The largest absolute Gasteiger partial charge is 0.497 e. The summed E-state index contributed by atoms with van der Waals surface area (Å²) >= 11 is 0. The lowest BCUT2D eigenvalue weighted by atomic mass is 10.0. The van der Waals surface area contributed by atoms with Crippen LogP contribution >= 0.6 is 0 Å². The summed E-state index contributed by atoms with van der Waals surface area (Å²) in [6, 6.07) is 16.8. The van der Waals surface area contributed by atoms with Gasteiger partial charge in [-0.3, -0.25) is 4.79 Å². The van der Waals surface area contributed by atoms with Crippen LogP contribution in [-0.4, -0.2) is 24.7 Å². The van der Waals surface area contributed by atoms with Gasteiger partial charge in [-0.1, -0.05) is 30.3 Å². The molecule has 0 fully saturated rings. The average Bonchev–Trinajstić information content (AvgIpc) is 2.70. The molecule has 0 saturated carbocycles. The van der Waals surface area contributed by atoms with Crippen LogP contribution in [0.25, 0.3) is 16.8 Å². The zero-order chi connectivity index (χ0) is 19.2. The highest BCUT2D eigenvalue weighted by atomic mass is 19.1. The number of nitrogens with one attached hydrogen (secondary N) is 1. The van der Waals surface area contributed by atoms with Gasteiger partial charge in [-0.2, -0.15) is 0 Å². The number of aliphatic hydroxyl groups excluding tert-OH is 1. The highest BCUT2D eigenvalue weighted by Gasteiger charge is 2.13. The number of fused-ring (bicyclic) bond motifs is 1. The summed E-state index contributed by atoms with van der Waals surface area (Å²) < 4.78 is 18.2. The number of methoxy groups -OCH3 is 1. The number of halogens is 1. The van der Waals surface area contributed by atoms with E-state index in [0.29, 0.717) is 5.56 Å². The van der Waals surface area contributed by atoms with Gasteiger partial charge in [-0.05, 0) is 58.3 Å². The van der Waals surface area contributed by atoms with E-state index in [0.717, 1.165) is 22.1 Å². The Balaban J connectivity index is 1.75. The Hall–Kier alpha value is -3.18. The average molecular weight is 365 g/mol. The molecule has 3 aromatic carbocycles. The fourth-order valence-corrected chi connectivity index (χ4v) is 2.79. The minimum atomic E-state index is -0.536. The van der Waals surface area contributed by atoms with Gasteiger partial charge in [0.05, 0.1) is 19.8 Å². The molecule has 0 unspecified atom stereocenters. The predicted octanol–water partition coefficient (Wildman–Crippen LogP) is 3.85. The maximum atomic E-state index is 12.9. The van der Waals surface area contributed by atoms with Crippen LogP contribution in [0.15, 0.2) is 66.7 Å². The lowest BCUT2D eigenvalue weighted by Gasteiger charge is -2.16. The summed E-state index contributed by atoms with van der Waals surface area (Å²) in [5.41, 5.74) is 1.51. The van der Waals surface area contributed by atoms with Crippen molar-refractivity contribution in [2.24, 2.45) is 0 Å². The number of aliphatic hydroxyl groups is 1. The Morgan fingerprint density at radius 2 is 1.85 bits per heavy atom. The quantitative estimate of drug-likeness (QED) is 0.653. The maximum Gasteiger partial charge on any atom is 0.244 e. The predicted molar refractivity (Wildman–Crippen MR) is 104 cm³/mol. The molecule has 5 heteroatoms. The molecule has 0 aliphatic heterocycles. The van der Waals surface area contributed by atoms with Crippen LogP contribution in [0, 0.1) is 5.82 Å². The van der Waals surface area contributed by atoms with Crippen molar-refractivity contribution in [1.82, 2.24) is 5.32 Å². The third kappa shape index (κ3) is 4.71. The summed E-state index contributed by atoms with van der Waals surface area (Å²) in [6.45, 7) is -0.231. The fraction of sp³-hybridized carbons (Fsp3) is 0.136. The highest BCUT2D eigenvalue weighted by molar-refractivity contribution is 5.92. The van der Waals surface area contributed by atoms with Crippen LogP contribution < -0.4 is 10.1 Å². The van der Waals surface area contributed by atoms with Crippen LogP contribution in [0.1, 0.15) is 17.2 Å². The molecule has 2 N–H and O–H groups in total. The first-order valence-electron chi connectivity index (χ1n) is 8.52. The molecular weight excluding hydrogens is 345 g/mol. The monoisotopic (exact) mass is 365 g/mol. The molecule has 0 saturated heterocycles. The molecule has 0 bridgehead atoms. The van der Waals surface area contributed by atoms with Gasteiger partial charge in [0.15, 0.2) is 0 Å². The summed E-state index contributed by atoms with van der Waals surface area (Å²) in [4.78, 5) is 12.2. The van der Waals surface area contributed by atoms with E-state index in [1.807, 2.05) is 36.4 Å². The first-order chi connectivity index (χ1) is 13.1. The van der Waals surface area contributed by atoms with E-state index in [9.17, 15) is 14.3 Å². The molecule has 3 rings (SSSR count). The van der Waals surface area contributed by atoms with Crippen molar-refractivity contribution < 1.29 is 19.0 Å². The van der Waals surface area contributed by atoms with E-state index in [1.54, 1.807) is 25.3 Å². The maximum absolute atomic E-state index is 12.9. The van der Waals surface area contributed by atoms with E-state index in [-0.39, 0.29) is 18.3 Å². The Bertz CT molecular complexity index is 967. The molecule has 0 aliphatic rings. The van der Waals surface area contributed by atoms with Crippen molar-refractivity contribution in [2.45, 2.75) is 6.04 Å². The summed E-state index contributed by atoms with van der Waals surface area (Å²) in [7, 11) is 1.61. The van der Waals surface area contributed by atoms with Crippen molar-refractivity contribution in [3.8, 4) is 5.75 Å². The molecule has 0 radical (unpaired) electrons. The van der Waals surface area contributed by atoms with Gasteiger partial charge >= 0.3 is 0 Å². The van der Waals surface area contributed by atoms with Gasteiger partial charge in [0, 0.05) is 6.08 Å². The van der Waals surface area contributed by atoms with Crippen LogP contribution in [0.3, 0.4) is 0 Å². The van der Waals surface area contributed by atoms with Crippen LogP contribution in [0.4, 0.5) is 4.39 Å². The van der Waals surface area contributed by atoms with Crippen molar-refractivity contribution in [3.63, 3.8) is 0 Å². The molecule has 138 valence electrons. The number of hydrogen-bond donors (Lipinski definition) is 2. The van der Waals surface area contributed by atoms with Gasteiger partial charge in [0.25, 0.3) is 0 Å². The second-order valence-corrected chi connectivity index (χ2v) is 6.10. The summed E-state index contributed by atoms with van der Waals surface area (Å²) in [5.74, 6) is 0.0699. The number of rotatable bonds is 6. The molecule has 0 heterocycles. The second kappa shape index (κ2) is 8.47. The van der Waals surface area contributed by atoms with E-state index in [2.05, 4.69) is 5.32 Å². The molecule has 1 amide bonds. The molecule has 0 aliphatic carbocycles. The van der Waals surface area contributed by atoms with E-state index >= 15 is 0 Å². The number of amides is 1. The number of ether oxygens (including phenoxy) is 1. The molecule has 1 atom stereocenters. The minimum Gasteiger partial charge on any atom is -0.497 e. The first-order valence-corrected chi connectivity index (χ1v) is 8.52. The third-order valence-electron chi connectivity index (χ3n) is 4.27. The van der Waals surface area contributed by atoms with Crippen LogP contribution in [0.2, 0.25) is 0 Å². The summed E-state index contributed by atoms with van der Waals surface area (Å²) in [6.07, 6.45) is 2.95. The van der Waals surface area contributed by atoms with Crippen molar-refractivity contribution in [3.05, 3.63) is 83.7 Å². The lowest BCUT2D eigenvalue weighted by molar-refractivity contribution is -0.117. The van der Waals surface area contributed by atoms with Gasteiger partial charge in [0.1, 0.15) is 11.6 Å². The zero-order valence-corrected chi connectivity index (χ0v) is 14.9. The minimum absolute atomic E-state index is 0.231. The smallest absolute Gasteiger partial charge is 0.244 e. The van der Waals surface area contributed by atoms with Gasteiger partial charge in [0.2, 0.25) is 5.91 Å². The molecule has 0 spiro atoms. The standard InChI is InChI=1S/C22H20FNO3/c1-27-20-10-7-16-5-6-17(12-18(16)13-20)21(14-25)24-22(26)11-4-15-2-8-19(23)9-3-15/h2-13,21,25H,14H2,1H3,(H,24,26)/b11-4+/t21-/m0/s1. The lowest BCUT2D eigenvalue weighted by Crippen LogP contribution is -2.29. The van der Waals surface area contributed by atoms with Crippen LogP contribution in [0.5, 0.6) is 5.75 Å². The van der Waals surface area contributed by atoms with Gasteiger partial charge < -0.3 is 15.2 Å². The number of hydrogen-bond acceptors (Lipinski definition) is 3. The van der Waals surface area contributed by atoms with Gasteiger partial charge in [-0.15, -0.1) is 0 Å². The van der Waals surface area contributed by atoms with Crippen molar-refractivity contribution >= 4 is 22.8 Å². The van der Waals surface area contributed by atoms with E-state index in [4.69, 9.17) is 4.74 Å². The molecule has 3 aromatic rings. The Morgan fingerprint density at radius 3 is 2.56 bits per heavy atom. The van der Waals surface area contributed by atoms with E-state index < -0.39 is 6.04 Å². The van der Waals surface area contributed by atoms with Crippen molar-refractivity contribution in [2.75, 3.05) is 13.7 Å². The fourth-order valence-electron chi connectivity index (χ4n) is 2.79. The molecule has 4 nitrogen and oxygen atoms in total. The van der Waals surface area contributed by atoms with E-state index in [1.165, 1.54) is 18.2 Å². The molecular formula is C22H20FNO3. The Morgan fingerprint density at radius 1 is 1.11 bits per heavy atom. The van der Waals surface area contributed by atoms with Gasteiger partial charge in [-0.25, -0.2) is 4.39 Å². The molecule has 0 aromatic heterocycles. The summed E-state index contributed by atoms with van der Waals surface area (Å²) in [5, 5.41) is 14.5. The number of benzene rings is 3. The Kier molecular flexibility index (Phi) is 5.84. The Labute approximate surface area is 156 Å². The zero-order valence-electron chi connectivity index (χ0n) is 14.9. The first kappa shape index (κ1) is 18.6. The SMILES string of the molecule is COc1ccc2ccc([C@H](CO)NC(=O)/C=C/c3ccc(F)cc3)cc2c1. The normalized spacial score (nSPS) is 12.3. The number of carbonyl (C=O) groups is 1. The number of carbonyl (C=O) groups excluding carboxylic acids is 1. The molecule has 27 heavy (non-hydrogen) atoms. The topological polar surface area (TPSA) is 58.6 Å².